The maximum absolute atomic E-state index is 13.8. The van der Waals surface area contributed by atoms with Crippen LogP contribution in [0.15, 0.2) is 42.4 Å². The molecule has 5 rings (SSSR count). The SMILES string of the molecule is Cc1ccc(C2=C(N3CCN(c4ncccn4)CC3)C(=O)N(C3CCCCC3)C2=O)c(C)c1. The number of anilines is 1. The summed E-state index contributed by atoms with van der Waals surface area (Å²) in [6.45, 7) is 6.79. The Kier molecular flexibility index (Phi) is 5.87. The van der Waals surface area contributed by atoms with Gasteiger partial charge in [0, 0.05) is 44.6 Å². The van der Waals surface area contributed by atoms with Crippen molar-refractivity contribution in [3.63, 3.8) is 0 Å². The highest BCUT2D eigenvalue weighted by Crippen LogP contribution is 2.37. The molecule has 0 N–H and O–H groups in total. The Morgan fingerprint density at radius 3 is 2.18 bits per heavy atom. The average molecular weight is 446 g/mol. The molecule has 0 bridgehead atoms. The van der Waals surface area contributed by atoms with Crippen LogP contribution in [-0.4, -0.2) is 63.8 Å². The van der Waals surface area contributed by atoms with Gasteiger partial charge in [-0.1, -0.05) is 43.0 Å². The van der Waals surface area contributed by atoms with Crippen molar-refractivity contribution in [3.05, 3.63) is 59.0 Å². The summed E-state index contributed by atoms with van der Waals surface area (Å²) in [4.78, 5) is 42.1. The van der Waals surface area contributed by atoms with Crippen LogP contribution in [0.1, 0.15) is 48.8 Å². The van der Waals surface area contributed by atoms with Crippen LogP contribution in [0.5, 0.6) is 0 Å². The molecular formula is C26H31N5O2. The zero-order valence-corrected chi connectivity index (χ0v) is 19.5. The molecule has 7 nitrogen and oxygen atoms in total. The predicted octanol–water partition coefficient (Wildman–Crippen LogP) is 3.33. The van der Waals surface area contributed by atoms with Crippen molar-refractivity contribution in [1.29, 1.82) is 0 Å². The molecule has 1 aromatic heterocycles. The first-order valence-electron chi connectivity index (χ1n) is 12.0. The maximum Gasteiger partial charge on any atom is 0.278 e. The van der Waals surface area contributed by atoms with Crippen LogP contribution in [-0.2, 0) is 9.59 Å². The second-order valence-corrected chi connectivity index (χ2v) is 9.34. The van der Waals surface area contributed by atoms with Gasteiger partial charge in [0.25, 0.3) is 11.8 Å². The van der Waals surface area contributed by atoms with Gasteiger partial charge in [0.2, 0.25) is 5.95 Å². The first-order chi connectivity index (χ1) is 16.0. The van der Waals surface area contributed by atoms with Crippen molar-refractivity contribution < 1.29 is 9.59 Å². The number of aryl methyl sites for hydroxylation is 2. The number of hydrogen-bond donors (Lipinski definition) is 0. The molecule has 1 saturated carbocycles. The van der Waals surface area contributed by atoms with Gasteiger partial charge >= 0.3 is 0 Å². The molecule has 2 amide bonds. The molecule has 7 heteroatoms. The third-order valence-electron chi connectivity index (χ3n) is 7.11. The van der Waals surface area contributed by atoms with Crippen LogP contribution >= 0.6 is 0 Å². The highest BCUT2D eigenvalue weighted by molar-refractivity contribution is 6.36. The van der Waals surface area contributed by atoms with E-state index in [4.69, 9.17) is 0 Å². The largest absolute Gasteiger partial charge is 0.363 e. The Morgan fingerprint density at radius 2 is 1.52 bits per heavy atom. The molecule has 1 aliphatic carbocycles. The molecule has 3 aliphatic rings. The second kappa shape index (κ2) is 8.96. The lowest BCUT2D eigenvalue weighted by Gasteiger charge is -2.37. The topological polar surface area (TPSA) is 69.6 Å². The predicted molar refractivity (Wildman–Crippen MR) is 127 cm³/mol. The summed E-state index contributed by atoms with van der Waals surface area (Å²) in [5, 5.41) is 0. The lowest BCUT2D eigenvalue weighted by atomic mass is 9.94. The number of nitrogens with zero attached hydrogens (tertiary/aromatic N) is 5. The molecule has 2 fully saturated rings. The van der Waals surface area contributed by atoms with E-state index in [1.54, 1.807) is 17.3 Å². The van der Waals surface area contributed by atoms with Crippen LogP contribution in [0.4, 0.5) is 5.95 Å². The van der Waals surface area contributed by atoms with Crippen molar-refractivity contribution in [1.82, 2.24) is 19.8 Å². The van der Waals surface area contributed by atoms with E-state index in [0.29, 0.717) is 43.4 Å². The number of rotatable bonds is 4. The Balaban J connectivity index is 1.49. The summed E-state index contributed by atoms with van der Waals surface area (Å²) in [6.07, 6.45) is 8.64. The number of hydrogen-bond acceptors (Lipinski definition) is 6. The van der Waals surface area contributed by atoms with Gasteiger partial charge in [-0.05, 0) is 43.9 Å². The van der Waals surface area contributed by atoms with Gasteiger partial charge in [-0.25, -0.2) is 9.97 Å². The molecule has 33 heavy (non-hydrogen) atoms. The lowest BCUT2D eigenvalue weighted by molar-refractivity contribution is -0.141. The number of imide groups is 1. The molecule has 2 aromatic rings. The van der Waals surface area contributed by atoms with E-state index in [1.807, 2.05) is 32.0 Å². The fourth-order valence-corrected chi connectivity index (χ4v) is 5.42. The molecule has 172 valence electrons. The van der Waals surface area contributed by atoms with Crippen molar-refractivity contribution in [2.75, 3.05) is 31.1 Å². The number of aromatic nitrogens is 2. The summed E-state index contributed by atoms with van der Waals surface area (Å²) in [5.74, 6) is 0.465. The lowest BCUT2D eigenvalue weighted by Crippen LogP contribution is -2.49. The Labute approximate surface area is 195 Å². The summed E-state index contributed by atoms with van der Waals surface area (Å²) in [7, 11) is 0. The number of benzene rings is 1. The van der Waals surface area contributed by atoms with E-state index in [1.165, 1.54) is 6.42 Å². The van der Waals surface area contributed by atoms with Gasteiger partial charge in [0.15, 0.2) is 0 Å². The van der Waals surface area contributed by atoms with Crippen LogP contribution in [0.2, 0.25) is 0 Å². The summed E-state index contributed by atoms with van der Waals surface area (Å²) < 4.78 is 0. The van der Waals surface area contributed by atoms with Crippen molar-refractivity contribution >= 4 is 23.3 Å². The van der Waals surface area contributed by atoms with Crippen molar-refractivity contribution in [2.45, 2.75) is 52.0 Å². The Hall–Kier alpha value is -3.22. The first-order valence-corrected chi connectivity index (χ1v) is 12.0. The molecule has 1 saturated heterocycles. The maximum atomic E-state index is 13.8. The minimum Gasteiger partial charge on any atom is -0.363 e. The third kappa shape index (κ3) is 4.01. The van der Waals surface area contributed by atoms with Gasteiger partial charge in [0.05, 0.1) is 5.57 Å². The standard InChI is InChI=1S/C26H31N5O2/c1-18-9-10-21(19(2)17-18)22-23(25(33)31(24(22)32)20-7-4-3-5-8-20)29-13-15-30(16-14-29)26-27-11-6-12-28-26/h6,9-12,17,20H,3-5,7-8,13-16H2,1-2H3. The molecule has 0 spiro atoms. The minimum atomic E-state index is -0.123. The zero-order valence-electron chi connectivity index (χ0n) is 19.5. The Bertz CT molecular complexity index is 1080. The molecule has 0 unspecified atom stereocenters. The summed E-state index contributed by atoms with van der Waals surface area (Å²) >= 11 is 0. The molecule has 1 aromatic carbocycles. The van der Waals surface area contributed by atoms with E-state index in [2.05, 4.69) is 25.8 Å². The molecular weight excluding hydrogens is 414 g/mol. The molecule has 2 aliphatic heterocycles. The first kappa shape index (κ1) is 21.6. The summed E-state index contributed by atoms with van der Waals surface area (Å²) in [6, 6.07) is 7.94. The molecule has 0 radical (unpaired) electrons. The minimum absolute atomic E-state index is 0.0102. The van der Waals surface area contributed by atoms with Gasteiger partial charge in [-0.2, -0.15) is 0 Å². The normalized spacial score (nSPS) is 20.2. The molecule has 0 atom stereocenters. The fraction of sp³-hybridized carbons (Fsp3) is 0.462. The van der Waals surface area contributed by atoms with Crippen LogP contribution < -0.4 is 4.90 Å². The van der Waals surface area contributed by atoms with Gasteiger partial charge in [-0.3, -0.25) is 14.5 Å². The van der Waals surface area contributed by atoms with Gasteiger partial charge in [-0.15, -0.1) is 0 Å². The third-order valence-corrected chi connectivity index (χ3v) is 7.11. The summed E-state index contributed by atoms with van der Waals surface area (Å²) in [5.41, 5.74) is 4.21. The highest BCUT2D eigenvalue weighted by Gasteiger charge is 2.45. The van der Waals surface area contributed by atoms with E-state index in [-0.39, 0.29) is 17.9 Å². The monoisotopic (exact) mass is 445 g/mol. The zero-order chi connectivity index (χ0) is 22.9. The van der Waals surface area contributed by atoms with Crippen LogP contribution in [0.3, 0.4) is 0 Å². The van der Waals surface area contributed by atoms with Gasteiger partial charge < -0.3 is 9.80 Å². The van der Waals surface area contributed by atoms with E-state index < -0.39 is 0 Å². The number of piperazine rings is 1. The number of carbonyl (C=O) groups excluding carboxylic acids is 2. The van der Waals surface area contributed by atoms with E-state index in [0.717, 1.165) is 42.4 Å². The highest BCUT2D eigenvalue weighted by atomic mass is 16.2. The smallest absolute Gasteiger partial charge is 0.278 e. The average Bonchev–Trinajstić information content (AvgIpc) is 3.10. The quantitative estimate of drug-likeness (QED) is 0.673. The Morgan fingerprint density at radius 1 is 0.848 bits per heavy atom. The van der Waals surface area contributed by atoms with E-state index >= 15 is 0 Å². The second-order valence-electron chi connectivity index (χ2n) is 9.34. The molecule has 3 heterocycles. The van der Waals surface area contributed by atoms with Crippen molar-refractivity contribution in [3.8, 4) is 0 Å². The number of amides is 2. The van der Waals surface area contributed by atoms with Crippen LogP contribution in [0, 0.1) is 13.8 Å². The van der Waals surface area contributed by atoms with Gasteiger partial charge in [0.1, 0.15) is 5.70 Å². The fourth-order valence-electron chi connectivity index (χ4n) is 5.42. The number of carbonyl (C=O) groups is 2. The van der Waals surface area contributed by atoms with Crippen molar-refractivity contribution in [2.24, 2.45) is 0 Å². The van der Waals surface area contributed by atoms with Crippen LogP contribution in [0.25, 0.3) is 5.57 Å². The van der Waals surface area contributed by atoms with E-state index in [9.17, 15) is 9.59 Å².